The van der Waals surface area contributed by atoms with Gasteiger partial charge < -0.3 is 10.2 Å². The summed E-state index contributed by atoms with van der Waals surface area (Å²) in [6.07, 6.45) is 0.343. The number of rotatable bonds is 6. The topological polar surface area (TPSA) is 49.4 Å². The standard InChI is InChI=1S/C16H22N2O2S/c1-12(2)18-11-13(10-15(18)19)16(20)17-8-9-21-14-6-4-3-5-7-14/h3-7,12-13H,8-11H2,1-2H3,(H,17,20)/t13-/m1/s1. The fourth-order valence-corrected chi connectivity index (χ4v) is 3.20. The van der Waals surface area contributed by atoms with E-state index in [0.717, 1.165) is 5.75 Å². The first-order valence-corrected chi connectivity index (χ1v) is 8.31. The van der Waals surface area contributed by atoms with Gasteiger partial charge in [0.2, 0.25) is 11.8 Å². The maximum atomic E-state index is 12.1. The van der Waals surface area contributed by atoms with E-state index in [4.69, 9.17) is 0 Å². The van der Waals surface area contributed by atoms with Gasteiger partial charge >= 0.3 is 0 Å². The molecule has 1 N–H and O–H groups in total. The van der Waals surface area contributed by atoms with Gasteiger partial charge in [-0.1, -0.05) is 18.2 Å². The summed E-state index contributed by atoms with van der Waals surface area (Å²) in [6.45, 7) is 5.14. The van der Waals surface area contributed by atoms with Crippen molar-refractivity contribution in [3.8, 4) is 0 Å². The fourth-order valence-electron chi connectivity index (χ4n) is 2.41. The van der Waals surface area contributed by atoms with E-state index in [1.165, 1.54) is 4.90 Å². The van der Waals surface area contributed by atoms with Crippen LogP contribution in [0.1, 0.15) is 20.3 Å². The molecule has 2 amide bonds. The van der Waals surface area contributed by atoms with E-state index in [1.54, 1.807) is 16.7 Å². The number of benzene rings is 1. The Kier molecular flexibility index (Phi) is 5.67. The van der Waals surface area contributed by atoms with Gasteiger partial charge in [-0.25, -0.2) is 0 Å². The molecular formula is C16H22N2O2S. The minimum absolute atomic E-state index is 0.000150. The zero-order valence-electron chi connectivity index (χ0n) is 12.5. The lowest BCUT2D eigenvalue weighted by atomic mass is 10.1. The van der Waals surface area contributed by atoms with Crippen molar-refractivity contribution >= 4 is 23.6 Å². The Hall–Kier alpha value is -1.49. The molecule has 1 saturated heterocycles. The molecule has 0 aliphatic carbocycles. The van der Waals surface area contributed by atoms with Gasteiger partial charge in [-0.3, -0.25) is 9.59 Å². The van der Waals surface area contributed by atoms with Crippen molar-refractivity contribution in [3.63, 3.8) is 0 Å². The molecule has 2 rings (SSSR count). The fraction of sp³-hybridized carbons (Fsp3) is 0.500. The van der Waals surface area contributed by atoms with E-state index in [2.05, 4.69) is 17.4 Å². The van der Waals surface area contributed by atoms with Gasteiger partial charge in [0.25, 0.3) is 0 Å². The molecule has 1 heterocycles. The highest BCUT2D eigenvalue weighted by atomic mass is 32.2. The van der Waals surface area contributed by atoms with Crippen molar-refractivity contribution < 1.29 is 9.59 Å². The van der Waals surface area contributed by atoms with Crippen LogP contribution in [0.2, 0.25) is 0 Å². The quantitative estimate of drug-likeness (QED) is 0.647. The number of hydrogen-bond acceptors (Lipinski definition) is 3. The Morgan fingerprint density at radius 1 is 1.38 bits per heavy atom. The van der Waals surface area contributed by atoms with Crippen LogP contribution < -0.4 is 5.32 Å². The summed E-state index contributed by atoms with van der Waals surface area (Å²) < 4.78 is 0. The van der Waals surface area contributed by atoms with Crippen molar-refractivity contribution in [2.75, 3.05) is 18.8 Å². The van der Waals surface area contributed by atoms with Crippen LogP contribution in [0, 0.1) is 5.92 Å². The number of carbonyl (C=O) groups excluding carboxylic acids is 2. The number of nitrogens with zero attached hydrogens (tertiary/aromatic N) is 1. The first-order chi connectivity index (χ1) is 10.1. The Morgan fingerprint density at radius 2 is 2.10 bits per heavy atom. The molecule has 1 fully saturated rings. The van der Waals surface area contributed by atoms with E-state index in [0.29, 0.717) is 19.5 Å². The zero-order valence-corrected chi connectivity index (χ0v) is 13.4. The predicted octanol–water partition coefficient (Wildman–Crippen LogP) is 2.15. The van der Waals surface area contributed by atoms with Gasteiger partial charge in [0.05, 0.1) is 5.92 Å². The molecule has 4 nitrogen and oxygen atoms in total. The molecule has 1 aliphatic rings. The number of hydrogen-bond donors (Lipinski definition) is 1. The monoisotopic (exact) mass is 306 g/mol. The second kappa shape index (κ2) is 7.50. The summed E-state index contributed by atoms with van der Waals surface area (Å²) in [5.41, 5.74) is 0. The molecule has 0 aromatic heterocycles. The molecule has 114 valence electrons. The predicted molar refractivity (Wildman–Crippen MR) is 85.1 cm³/mol. The third-order valence-electron chi connectivity index (χ3n) is 3.57. The Bertz CT molecular complexity index is 490. The molecule has 21 heavy (non-hydrogen) atoms. The molecule has 5 heteroatoms. The average molecular weight is 306 g/mol. The third kappa shape index (κ3) is 4.49. The van der Waals surface area contributed by atoms with E-state index in [1.807, 2.05) is 32.0 Å². The maximum absolute atomic E-state index is 12.1. The van der Waals surface area contributed by atoms with Crippen LogP contribution >= 0.6 is 11.8 Å². The summed E-state index contributed by atoms with van der Waals surface area (Å²) >= 11 is 1.72. The molecule has 0 radical (unpaired) electrons. The van der Waals surface area contributed by atoms with Crippen molar-refractivity contribution in [1.82, 2.24) is 10.2 Å². The molecule has 0 bridgehead atoms. The molecule has 1 atom stereocenters. The van der Waals surface area contributed by atoms with Crippen molar-refractivity contribution in [3.05, 3.63) is 30.3 Å². The largest absolute Gasteiger partial charge is 0.355 e. The maximum Gasteiger partial charge on any atom is 0.225 e. The Balaban J connectivity index is 1.70. The van der Waals surface area contributed by atoms with Gasteiger partial charge in [0, 0.05) is 36.2 Å². The van der Waals surface area contributed by atoms with Crippen LogP contribution in [0.5, 0.6) is 0 Å². The van der Waals surface area contributed by atoms with Crippen LogP contribution in [0.15, 0.2) is 35.2 Å². The molecule has 1 aromatic carbocycles. The first kappa shape index (κ1) is 15.9. The van der Waals surface area contributed by atoms with Crippen LogP contribution in [0.25, 0.3) is 0 Å². The molecule has 1 aromatic rings. The average Bonchev–Trinajstić information content (AvgIpc) is 2.87. The Labute approximate surface area is 130 Å². The highest BCUT2D eigenvalue weighted by Gasteiger charge is 2.35. The van der Waals surface area contributed by atoms with Gasteiger partial charge in [0.1, 0.15) is 0 Å². The zero-order chi connectivity index (χ0) is 15.2. The summed E-state index contributed by atoms with van der Waals surface area (Å²) in [5.74, 6) is 0.732. The summed E-state index contributed by atoms with van der Waals surface area (Å²) in [4.78, 5) is 26.8. The molecule has 0 saturated carbocycles. The lowest BCUT2D eigenvalue weighted by Gasteiger charge is -2.20. The van der Waals surface area contributed by atoms with Crippen LogP contribution in [0.4, 0.5) is 0 Å². The minimum atomic E-state index is -0.193. The highest BCUT2D eigenvalue weighted by Crippen LogP contribution is 2.20. The highest BCUT2D eigenvalue weighted by molar-refractivity contribution is 7.99. The van der Waals surface area contributed by atoms with Crippen molar-refractivity contribution in [2.45, 2.75) is 31.2 Å². The molecule has 0 unspecified atom stereocenters. The molecule has 1 aliphatic heterocycles. The normalized spacial score (nSPS) is 18.3. The Morgan fingerprint density at radius 3 is 2.71 bits per heavy atom. The lowest BCUT2D eigenvalue weighted by molar-refractivity contribution is -0.129. The number of carbonyl (C=O) groups is 2. The van der Waals surface area contributed by atoms with E-state index in [-0.39, 0.29) is 23.8 Å². The smallest absolute Gasteiger partial charge is 0.225 e. The number of nitrogens with one attached hydrogen (secondary N) is 1. The lowest BCUT2D eigenvalue weighted by Crippen LogP contribution is -2.36. The van der Waals surface area contributed by atoms with Crippen LogP contribution in [-0.4, -0.2) is 41.6 Å². The molecule has 0 spiro atoms. The van der Waals surface area contributed by atoms with Gasteiger partial charge in [-0.05, 0) is 26.0 Å². The minimum Gasteiger partial charge on any atom is -0.355 e. The van der Waals surface area contributed by atoms with Gasteiger partial charge in [-0.2, -0.15) is 0 Å². The summed E-state index contributed by atoms with van der Waals surface area (Å²) in [5, 5.41) is 2.94. The van der Waals surface area contributed by atoms with Crippen LogP contribution in [0.3, 0.4) is 0 Å². The van der Waals surface area contributed by atoms with E-state index >= 15 is 0 Å². The number of likely N-dealkylation sites (tertiary alicyclic amines) is 1. The second-order valence-corrected chi connectivity index (χ2v) is 6.66. The number of amides is 2. The van der Waals surface area contributed by atoms with Crippen molar-refractivity contribution in [1.29, 1.82) is 0 Å². The van der Waals surface area contributed by atoms with E-state index < -0.39 is 0 Å². The first-order valence-electron chi connectivity index (χ1n) is 7.33. The number of thioether (sulfide) groups is 1. The second-order valence-electron chi connectivity index (χ2n) is 5.49. The van der Waals surface area contributed by atoms with Gasteiger partial charge in [-0.15, -0.1) is 11.8 Å². The summed E-state index contributed by atoms with van der Waals surface area (Å²) in [6, 6.07) is 10.3. The van der Waals surface area contributed by atoms with Gasteiger partial charge in [0.15, 0.2) is 0 Å². The molecular weight excluding hydrogens is 284 g/mol. The van der Waals surface area contributed by atoms with Crippen LogP contribution in [-0.2, 0) is 9.59 Å². The third-order valence-corrected chi connectivity index (χ3v) is 4.58. The van der Waals surface area contributed by atoms with Crippen molar-refractivity contribution in [2.24, 2.45) is 5.92 Å². The van der Waals surface area contributed by atoms with E-state index in [9.17, 15) is 9.59 Å². The summed E-state index contributed by atoms with van der Waals surface area (Å²) in [7, 11) is 0. The SMILES string of the molecule is CC(C)N1C[C@H](C(=O)NCCSc2ccccc2)CC1=O.